The Balaban J connectivity index is 1.65. The van der Waals surface area contributed by atoms with Crippen molar-refractivity contribution in [3.8, 4) is 0 Å². The topological polar surface area (TPSA) is 83.8 Å². The van der Waals surface area contributed by atoms with Crippen LogP contribution < -0.4 is 0 Å². The summed E-state index contributed by atoms with van der Waals surface area (Å²) in [6.45, 7) is -0.0806. The minimum Gasteiger partial charge on any atom is -0.362 e. The molecule has 1 atom stereocenters. The van der Waals surface area contributed by atoms with Crippen LogP contribution >= 0.6 is 0 Å². The number of hydrogen-bond donors (Lipinski definition) is 2. The Kier molecular flexibility index (Phi) is 3.59. The van der Waals surface area contributed by atoms with E-state index in [0.717, 1.165) is 19.3 Å². The lowest BCUT2D eigenvalue weighted by Gasteiger charge is -2.56. The first-order valence-corrected chi connectivity index (χ1v) is 8.70. The molecule has 4 rings (SSSR count). The highest BCUT2D eigenvalue weighted by Gasteiger charge is 2.55. The highest BCUT2D eigenvalue weighted by molar-refractivity contribution is 7.86. The molecule has 4 bridgehead atoms. The maximum absolute atomic E-state index is 13.3. The van der Waals surface area contributed by atoms with Gasteiger partial charge in [0.2, 0.25) is 6.29 Å². The summed E-state index contributed by atoms with van der Waals surface area (Å²) in [6, 6.07) is 0. The van der Waals surface area contributed by atoms with Crippen molar-refractivity contribution >= 4 is 10.1 Å². The van der Waals surface area contributed by atoms with Gasteiger partial charge >= 0.3 is 15.4 Å². The Morgan fingerprint density at radius 2 is 1.57 bits per heavy atom. The second-order valence-electron chi connectivity index (χ2n) is 7.12. The third-order valence-corrected chi connectivity index (χ3v) is 6.23. The van der Waals surface area contributed by atoms with Gasteiger partial charge in [0, 0.05) is 0 Å². The lowest BCUT2D eigenvalue weighted by atomic mass is 9.50. The molecule has 4 aliphatic rings. The molecular weight excluding hydrogens is 306 g/mol. The molecular formula is C13H20F2O5S. The van der Waals surface area contributed by atoms with Crippen molar-refractivity contribution in [2.75, 3.05) is 6.61 Å². The van der Waals surface area contributed by atoms with Crippen LogP contribution in [0.15, 0.2) is 0 Å². The molecule has 0 amide bonds. The van der Waals surface area contributed by atoms with Gasteiger partial charge in [0.1, 0.15) is 0 Å². The summed E-state index contributed by atoms with van der Waals surface area (Å²) >= 11 is 0. The van der Waals surface area contributed by atoms with Gasteiger partial charge in [-0.3, -0.25) is 4.55 Å². The number of hydrogen-bond acceptors (Lipinski definition) is 4. The van der Waals surface area contributed by atoms with Crippen LogP contribution in [0.4, 0.5) is 8.78 Å². The Bertz CT molecular complexity index is 483. The molecule has 4 saturated carbocycles. The number of halogens is 2. The number of aliphatic hydroxyl groups excluding tert-OH is 1. The van der Waals surface area contributed by atoms with Crippen molar-refractivity contribution in [3.63, 3.8) is 0 Å². The number of ether oxygens (including phenoxy) is 1. The minimum atomic E-state index is -5.69. The summed E-state index contributed by atoms with van der Waals surface area (Å²) in [5, 5.41) is 4.60. The zero-order chi connectivity index (χ0) is 15.5. The smallest absolute Gasteiger partial charge is 0.362 e. The maximum Gasteiger partial charge on any atom is 0.418 e. The molecule has 0 saturated heterocycles. The summed E-state index contributed by atoms with van der Waals surface area (Å²) in [5.74, 6) is 1.79. The Labute approximate surface area is 122 Å². The van der Waals surface area contributed by atoms with Crippen LogP contribution in [-0.4, -0.2) is 36.2 Å². The minimum absolute atomic E-state index is 0.0806. The molecule has 0 spiro atoms. The largest absolute Gasteiger partial charge is 0.418 e. The van der Waals surface area contributed by atoms with Crippen molar-refractivity contribution in [3.05, 3.63) is 0 Å². The normalized spacial score (nSPS) is 40.5. The van der Waals surface area contributed by atoms with E-state index in [1.54, 1.807) is 0 Å². The molecule has 5 nitrogen and oxygen atoms in total. The van der Waals surface area contributed by atoms with Gasteiger partial charge in [-0.25, -0.2) is 0 Å². The Morgan fingerprint density at radius 1 is 1.14 bits per heavy atom. The molecule has 4 aliphatic carbocycles. The van der Waals surface area contributed by atoms with Gasteiger partial charge in [0.05, 0.1) is 6.61 Å². The lowest BCUT2D eigenvalue weighted by Crippen LogP contribution is -2.50. The van der Waals surface area contributed by atoms with Crippen LogP contribution in [-0.2, 0) is 14.9 Å². The van der Waals surface area contributed by atoms with Gasteiger partial charge in [-0.2, -0.15) is 17.2 Å². The summed E-state index contributed by atoms with van der Waals surface area (Å²) < 4.78 is 60.9. The van der Waals surface area contributed by atoms with E-state index in [1.807, 2.05) is 0 Å². The predicted octanol–water partition coefficient (Wildman–Crippen LogP) is 2.02. The van der Waals surface area contributed by atoms with Crippen molar-refractivity contribution in [2.24, 2.45) is 23.2 Å². The lowest BCUT2D eigenvalue weighted by molar-refractivity contribution is -0.224. The quantitative estimate of drug-likeness (QED) is 0.596. The van der Waals surface area contributed by atoms with Crippen molar-refractivity contribution in [1.82, 2.24) is 0 Å². The number of rotatable bonds is 5. The third kappa shape index (κ3) is 2.71. The molecule has 2 N–H and O–H groups in total. The SMILES string of the molecule is O=S(=O)(O)C(F)(F)[C@@H](O)OCC12CC3CC(CC(C3)C1)C2. The first-order chi connectivity index (χ1) is 9.61. The van der Waals surface area contributed by atoms with Crippen LogP contribution in [0, 0.1) is 23.2 Å². The molecule has 21 heavy (non-hydrogen) atoms. The molecule has 0 aromatic carbocycles. The third-order valence-electron chi connectivity index (χ3n) is 5.34. The van der Waals surface area contributed by atoms with Crippen LogP contribution in [0.1, 0.15) is 38.5 Å². The molecule has 4 fully saturated rings. The van der Waals surface area contributed by atoms with Gasteiger partial charge in [0.15, 0.2) is 0 Å². The average molecular weight is 326 g/mol. The molecule has 122 valence electrons. The van der Waals surface area contributed by atoms with Gasteiger partial charge < -0.3 is 9.84 Å². The fourth-order valence-electron chi connectivity index (χ4n) is 4.95. The van der Waals surface area contributed by atoms with Crippen LogP contribution in [0.5, 0.6) is 0 Å². The zero-order valence-corrected chi connectivity index (χ0v) is 12.4. The molecule has 0 aliphatic heterocycles. The van der Waals surface area contributed by atoms with E-state index in [2.05, 4.69) is 0 Å². The average Bonchev–Trinajstić information content (AvgIpc) is 2.32. The van der Waals surface area contributed by atoms with E-state index in [1.165, 1.54) is 19.3 Å². The molecule has 0 heterocycles. The molecule has 0 aromatic rings. The number of alkyl halides is 2. The van der Waals surface area contributed by atoms with E-state index in [0.29, 0.717) is 17.8 Å². The highest BCUT2D eigenvalue weighted by Crippen LogP contribution is 2.60. The van der Waals surface area contributed by atoms with Crippen molar-refractivity contribution in [1.29, 1.82) is 0 Å². The van der Waals surface area contributed by atoms with E-state index in [9.17, 15) is 22.3 Å². The standard InChI is InChI=1S/C13H20F2O5S/c14-13(15,21(17,18)19)11(16)20-7-12-4-8-1-9(5-12)3-10(2-8)6-12/h8-11,16H,1-7H2,(H,17,18,19)/t8?,9?,10?,11-,12?/m0/s1. The van der Waals surface area contributed by atoms with Crippen molar-refractivity contribution < 1.29 is 31.6 Å². The predicted molar refractivity (Wildman–Crippen MR) is 69.1 cm³/mol. The van der Waals surface area contributed by atoms with Crippen LogP contribution in [0.2, 0.25) is 0 Å². The van der Waals surface area contributed by atoms with Crippen LogP contribution in [0.3, 0.4) is 0 Å². The molecule has 0 radical (unpaired) electrons. The summed E-state index contributed by atoms with van der Waals surface area (Å²) in [5.41, 5.74) is -0.217. The highest BCUT2D eigenvalue weighted by atomic mass is 32.2. The van der Waals surface area contributed by atoms with Gasteiger partial charge in [0.25, 0.3) is 0 Å². The zero-order valence-electron chi connectivity index (χ0n) is 11.5. The fourth-order valence-corrected chi connectivity index (χ4v) is 5.27. The van der Waals surface area contributed by atoms with Gasteiger partial charge in [-0.1, -0.05) is 0 Å². The van der Waals surface area contributed by atoms with E-state index in [4.69, 9.17) is 9.29 Å². The summed E-state index contributed by atoms with van der Waals surface area (Å²) in [4.78, 5) is 0. The molecule has 0 unspecified atom stereocenters. The summed E-state index contributed by atoms with van der Waals surface area (Å²) in [6.07, 6.45) is 3.39. The maximum atomic E-state index is 13.3. The second kappa shape index (κ2) is 4.84. The monoisotopic (exact) mass is 326 g/mol. The van der Waals surface area contributed by atoms with Crippen LogP contribution in [0.25, 0.3) is 0 Å². The van der Waals surface area contributed by atoms with Gasteiger partial charge in [-0.05, 0) is 61.7 Å². The number of aliphatic hydroxyl groups is 1. The fraction of sp³-hybridized carbons (Fsp3) is 1.00. The summed E-state index contributed by atoms with van der Waals surface area (Å²) in [7, 11) is -5.69. The van der Waals surface area contributed by atoms with E-state index < -0.39 is 21.7 Å². The van der Waals surface area contributed by atoms with E-state index >= 15 is 0 Å². The van der Waals surface area contributed by atoms with Gasteiger partial charge in [-0.15, -0.1) is 0 Å². The van der Waals surface area contributed by atoms with E-state index in [-0.39, 0.29) is 12.0 Å². The Hall–Kier alpha value is -0.310. The molecule has 8 heteroatoms. The first-order valence-electron chi connectivity index (χ1n) is 7.26. The second-order valence-corrected chi connectivity index (χ2v) is 8.61. The van der Waals surface area contributed by atoms with Crippen molar-refractivity contribution in [2.45, 2.75) is 50.1 Å². The molecule has 0 aromatic heterocycles. The first kappa shape index (κ1) is 15.6. The Morgan fingerprint density at radius 3 is 1.95 bits per heavy atom.